The van der Waals surface area contributed by atoms with E-state index in [9.17, 15) is 18.2 Å². The molecule has 4 nitrogen and oxygen atoms in total. The van der Waals surface area contributed by atoms with Crippen LogP contribution in [0.2, 0.25) is 0 Å². The molecule has 0 fully saturated rings. The normalized spacial score (nSPS) is 13.8. The predicted molar refractivity (Wildman–Crippen MR) is 330 cm³/mol. The van der Waals surface area contributed by atoms with Gasteiger partial charge in [0.25, 0.3) is 0 Å². The van der Waals surface area contributed by atoms with Gasteiger partial charge in [-0.25, -0.2) is 0 Å². The first-order valence-corrected chi connectivity index (χ1v) is 31.2. The number of hydrogen-bond donors (Lipinski definition) is 0. The molecule has 8 heteroatoms. The van der Waals surface area contributed by atoms with Gasteiger partial charge in [-0.3, -0.25) is 0 Å². The highest BCUT2D eigenvalue weighted by atomic mass is 32.2. The van der Waals surface area contributed by atoms with Gasteiger partial charge in [0.2, 0.25) is 0 Å². The maximum atomic E-state index is 13.9. The monoisotopic (exact) mass is 1120 g/mol. The fraction of sp³-hybridized carbons (Fsp3) is 0.0137. The van der Waals surface area contributed by atoms with Crippen LogP contribution in [0.25, 0.3) is 55.6 Å². The zero-order valence-corrected chi connectivity index (χ0v) is 46.9. The summed E-state index contributed by atoms with van der Waals surface area (Å²) in [6, 6.07) is 102. The van der Waals surface area contributed by atoms with E-state index >= 15 is 0 Å². The van der Waals surface area contributed by atoms with E-state index in [1.807, 2.05) is 170 Å². The Kier molecular flexibility index (Phi) is 14.7. The van der Waals surface area contributed by atoms with Gasteiger partial charge in [-0.1, -0.05) is 121 Å². The third kappa shape index (κ3) is 10.2. The van der Waals surface area contributed by atoms with Crippen LogP contribution in [0, 0.1) is 0 Å². The Balaban J connectivity index is 1.03. The second-order valence-electron chi connectivity index (χ2n) is 19.9. The lowest BCUT2D eigenvalue weighted by Gasteiger charge is -2.35. The molecule has 0 aliphatic heterocycles. The van der Waals surface area contributed by atoms with Crippen molar-refractivity contribution in [3.8, 4) is 55.6 Å². The molecule has 0 aromatic heterocycles. The highest BCUT2D eigenvalue weighted by molar-refractivity contribution is 7.92. The summed E-state index contributed by atoms with van der Waals surface area (Å²) in [6.07, 6.45) is 0. The Morgan fingerprint density at radius 2 is 0.407 bits per heavy atom. The molecule has 0 saturated carbocycles. The van der Waals surface area contributed by atoms with Crippen molar-refractivity contribution in [1.82, 2.24) is 0 Å². The molecule has 12 aromatic rings. The third-order valence-corrected chi connectivity index (χ3v) is 20.7. The fourth-order valence-electron chi connectivity index (χ4n) is 11.2. The van der Waals surface area contributed by atoms with E-state index in [0.29, 0.717) is 19.6 Å². The summed E-state index contributed by atoms with van der Waals surface area (Å²) in [4.78, 5) is 5.80. The van der Waals surface area contributed by atoms with Crippen LogP contribution in [0.1, 0.15) is 22.3 Å². The molecule has 1 aliphatic rings. The second-order valence-corrected chi connectivity index (χ2v) is 25.8. The van der Waals surface area contributed by atoms with E-state index < -0.39 is 50.1 Å². The molecular weight excluding hydrogens is 1070 g/mol. The molecule has 1 aliphatic carbocycles. The average molecular weight is 1120 g/mol. The summed E-state index contributed by atoms with van der Waals surface area (Å²) >= 11 is -5.48. The molecule has 12 aromatic carbocycles. The van der Waals surface area contributed by atoms with Crippen LogP contribution in [0.5, 0.6) is 0 Å². The standard InChI is InChI=1S/C73H50O4S4/c74-78(61-17-5-1-6-18-61)65-37-29-51(30-38-65)55-45-56(52-31-39-66(40-32-52)79(75)62-19-7-2-8-20-62)48-59(47-55)73(71-27-15-13-25-69(71)70-26-14-16-28-72(70)73)60-49-57(53-33-41-67(42-34-53)80(76)63-21-9-3-10-22-63)46-58(50-60)54-35-43-68(44-36-54)81(77)64-23-11-4-12-24-64/h1-50H. The van der Waals surface area contributed by atoms with Crippen LogP contribution >= 0.6 is 0 Å². The van der Waals surface area contributed by atoms with Crippen molar-refractivity contribution in [3.63, 3.8) is 0 Å². The van der Waals surface area contributed by atoms with Crippen LogP contribution in [0.4, 0.5) is 0 Å². The first-order chi connectivity index (χ1) is 39.8. The maximum Gasteiger partial charge on any atom is 0.158 e. The zero-order valence-electron chi connectivity index (χ0n) is 43.6. The maximum absolute atomic E-state index is 13.9. The Labute approximate surface area is 485 Å². The van der Waals surface area contributed by atoms with Crippen molar-refractivity contribution in [2.75, 3.05) is 0 Å². The first-order valence-electron chi connectivity index (χ1n) is 26.6. The van der Waals surface area contributed by atoms with Crippen LogP contribution in [-0.4, -0.2) is 18.2 Å². The third-order valence-electron chi connectivity index (χ3n) is 15.1. The van der Waals surface area contributed by atoms with E-state index in [4.69, 9.17) is 0 Å². The van der Waals surface area contributed by atoms with Crippen molar-refractivity contribution in [2.24, 2.45) is 0 Å². The number of hydrogen-bond acceptors (Lipinski definition) is 4. The van der Waals surface area contributed by atoms with E-state index in [1.54, 1.807) is 0 Å². The van der Waals surface area contributed by atoms with Gasteiger partial charge in [-0.05, 0) is 260 Å². The lowest BCUT2D eigenvalue weighted by molar-refractivity contribution is 0.594. The Morgan fingerprint density at radius 3 is 0.654 bits per heavy atom. The minimum atomic E-state index is -1.37. The molecule has 0 spiro atoms. The number of rotatable bonds is 14. The van der Waals surface area contributed by atoms with E-state index in [2.05, 4.69) is 133 Å². The minimum absolute atomic E-state index is 0.710. The molecule has 0 saturated heterocycles. The van der Waals surface area contributed by atoms with Crippen molar-refractivity contribution >= 4 is 44.7 Å². The lowest BCUT2D eigenvalue weighted by atomic mass is 9.66. The topological polar surface area (TPSA) is 92.2 Å². The highest BCUT2D eigenvalue weighted by Crippen LogP contribution is 2.58. The Hall–Kier alpha value is -8.12. The summed E-state index contributed by atoms with van der Waals surface area (Å²) < 4.78 is 55.6. The van der Waals surface area contributed by atoms with E-state index in [0.717, 1.165) is 97.5 Å². The molecule has 4 unspecified atom stereocenters. The highest BCUT2D eigenvalue weighted by Gasteiger charge is 2.47. The fourth-order valence-corrected chi connectivity index (χ4v) is 15.4. The molecule has 390 valence electrons. The molecule has 4 atom stereocenters. The summed E-state index contributed by atoms with van der Waals surface area (Å²) in [6.45, 7) is 0. The Bertz CT molecular complexity index is 3660. The zero-order chi connectivity index (χ0) is 54.9. The van der Waals surface area contributed by atoms with Crippen molar-refractivity contribution < 1.29 is 18.2 Å². The molecule has 13 rings (SSSR count). The Morgan fingerprint density at radius 1 is 0.198 bits per heavy atom. The summed E-state index contributed by atoms with van der Waals surface area (Å²) in [5.41, 5.74) is 13.4. The number of benzene rings is 12. The van der Waals surface area contributed by atoms with Gasteiger partial charge in [0, 0.05) is 44.7 Å². The quantitative estimate of drug-likeness (QED) is 0.101. The number of fused-ring (bicyclic) bond motifs is 3. The smallest absolute Gasteiger partial charge is 0.158 e. The molecule has 0 bridgehead atoms. The van der Waals surface area contributed by atoms with Crippen LogP contribution < -0.4 is 0 Å². The molecule has 0 amide bonds. The molecule has 0 N–H and O–H groups in total. The van der Waals surface area contributed by atoms with Gasteiger partial charge in [-0.15, -0.1) is 0 Å². The van der Waals surface area contributed by atoms with Gasteiger partial charge in [0.15, 0.2) is 39.2 Å². The first kappa shape index (κ1) is 52.3. The largest absolute Gasteiger partial charge is 0.606 e. The lowest BCUT2D eigenvalue weighted by Crippen LogP contribution is -2.29. The van der Waals surface area contributed by atoms with Crippen molar-refractivity contribution in [1.29, 1.82) is 0 Å². The molecule has 0 heterocycles. The summed E-state index contributed by atoms with van der Waals surface area (Å²) in [5, 5.41) is 0. The minimum Gasteiger partial charge on any atom is -0.606 e. The van der Waals surface area contributed by atoms with Crippen molar-refractivity contribution in [3.05, 3.63) is 326 Å². The van der Waals surface area contributed by atoms with E-state index in [1.165, 1.54) is 0 Å². The summed E-state index contributed by atoms with van der Waals surface area (Å²) in [5.74, 6) is 0. The van der Waals surface area contributed by atoms with Gasteiger partial charge in [0.05, 0.1) is 5.41 Å². The van der Waals surface area contributed by atoms with Crippen LogP contribution in [0.15, 0.2) is 342 Å². The molecular formula is C73H50O4S4. The van der Waals surface area contributed by atoms with Crippen LogP contribution in [0.3, 0.4) is 0 Å². The van der Waals surface area contributed by atoms with Crippen LogP contribution in [-0.2, 0) is 50.1 Å². The van der Waals surface area contributed by atoms with Gasteiger partial charge in [-0.2, -0.15) is 0 Å². The van der Waals surface area contributed by atoms with Gasteiger partial charge in [0.1, 0.15) is 0 Å². The van der Waals surface area contributed by atoms with E-state index in [-0.39, 0.29) is 0 Å². The summed E-state index contributed by atoms with van der Waals surface area (Å²) in [7, 11) is 0. The predicted octanol–water partition coefficient (Wildman–Crippen LogP) is 17.4. The molecule has 0 radical (unpaired) electrons. The second kappa shape index (κ2) is 22.8. The van der Waals surface area contributed by atoms with Gasteiger partial charge >= 0.3 is 0 Å². The molecule has 81 heavy (non-hydrogen) atoms. The SMILES string of the molecule is [O-][S+](c1ccccc1)c1ccc(-c2cc(-c3ccc([S+]([O-])c4ccccc4)cc3)cc(C3(c4cc(-c5ccc([S+]([O-])c6ccccc6)cc5)cc(-c5ccc([S+]([O-])c6ccccc6)cc5)c4)c4ccccc4-c4ccccc43)c2)cc1. The van der Waals surface area contributed by atoms with Crippen molar-refractivity contribution in [2.45, 2.75) is 44.6 Å². The average Bonchev–Trinajstić information content (AvgIpc) is 3.27. The van der Waals surface area contributed by atoms with Gasteiger partial charge < -0.3 is 18.2 Å².